The summed E-state index contributed by atoms with van der Waals surface area (Å²) in [6.45, 7) is 2.57. The van der Waals surface area contributed by atoms with Crippen LogP contribution in [0.15, 0.2) is 12.1 Å². The quantitative estimate of drug-likeness (QED) is 0.833. The van der Waals surface area contributed by atoms with Crippen molar-refractivity contribution in [2.75, 3.05) is 6.54 Å². The van der Waals surface area contributed by atoms with Gasteiger partial charge in [-0.3, -0.25) is 14.4 Å². The third-order valence-electron chi connectivity index (χ3n) is 3.96. The molecule has 2 N–H and O–H groups in total. The second kappa shape index (κ2) is 8.10. The molecule has 1 fully saturated rings. The minimum absolute atomic E-state index is 0.00763. The Bertz CT molecular complexity index is 584. The predicted octanol–water partition coefficient (Wildman–Crippen LogP) is 2.24. The number of nitrogens with one attached hydrogen (secondary N) is 1. The Kier molecular flexibility index (Phi) is 6.15. The van der Waals surface area contributed by atoms with E-state index in [4.69, 9.17) is 5.11 Å². The highest BCUT2D eigenvalue weighted by atomic mass is 32.1. The van der Waals surface area contributed by atoms with E-state index < -0.39 is 5.97 Å². The molecule has 0 aliphatic carbocycles. The first-order valence-corrected chi connectivity index (χ1v) is 8.65. The first-order chi connectivity index (χ1) is 11.0. The van der Waals surface area contributed by atoms with Crippen LogP contribution in [-0.2, 0) is 16.1 Å². The van der Waals surface area contributed by atoms with Gasteiger partial charge in [-0.05, 0) is 37.8 Å². The molecule has 0 saturated carbocycles. The van der Waals surface area contributed by atoms with Crippen molar-refractivity contribution in [2.45, 2.75) is 51.6 Å². The number of thiophene rings is 1. The standard InChI is InChI=1S/C16H22N2O4S/c1-11(19)17-10-13-6-7-14(23-13)16(22)18-9-3-2-4-12(18)5-8-15(20)21/h6-7,12H,2-5,8-10H2,1H3,(H,17,19)(H,20,21)/t12-/m1/s1. The highest BCUT2D eigenvalue weighted by Gasteiger charge is 2.28. The van der Waals surface area contributed by atoms with Gasteiger partial charge in [0, 0.05) is 30.8 Å². The van der Waals surface area contributed by atoms with Crippen molar-refractivity contribution in [2.24, 2.45) is 0 Å². The van der Waals surface area contributed by atoms with Gasteiger partial charge >= 0.3 is 5.97 Å². The molecule has 0 aromatic carbocycles. The molecular weight excluding hydrogens is 316 g/mol. The van der Waals surface area contributed by atoms with Crippen LogP contribution in [0.3, 0.4) is 0 Å². The van der Waals surface area contributed by atoms with Gasteiger partial charge in [0.2, 0.25) is 5.91 Å². The maximum Gasteiger partial charge on any atom is 0.303 e. The third-order valence-corrected chi connectivity index (χ3v) is 5.04. The molecule has 7 heteroatoms. The largest absolute Gasteiger partial charge is 0.481 e. The Morgan fingerprint density at radius 1 is 1.35 bits per heavy atom. The zero-order valence-corrected chi connectivity index (χ0v) is 14.0. The fourth-order valence-corrected chi connectivity index (χ4v) is 3.70. The maximum atomic E-state index is 12.7. The van der Waals surface area contributed by atoms with E-state index in [2.05, 4.69) is 5.32 Å². The molecule has 1 aliphatic rings. The van der Waals surface area contributed by atoms with E-state index in [1.54, 1.807) is 6.07 Å². The Hall–Kier alpha value is -1.89. The minimum Gasteiger partial charge on any atom is -0.481 e. The van der Waals surface area contributed by atoms with Gasteiger partial charge in [0.25, 0.3) is 5.91 Å². The van der Waals surface area contributed by atoms with Gasteiger partial charge in [0.1, 0.15) is 0 Å². The van der Waals surface area contributed by atoms with Crippen molar-refractivity contribution < 1.29 is 19.5 Å². The van der Waals surface area contributed by atoms with Crippen molar-refractivity contribution in [3.63, 3.8) is 0 Å². The molecule has 1 aromatic rings. The Morgan fingerprint density at radius 2 is 2.13 bits per heavy atom. The van der Waals surface area contributed by atoms with E-state index in [1.165, 1.54) is 18.3 Å². The third kappa shape index (κ3) is 5.06. The maximum absolute atomic E-state index is 12.7. The number of hydrogen-bond acceptors (Lipinski definition) is 4. The van der Waals surface area contributed by atoms with Crippen LogP contribution >= 0.6 is 11.3 Å². The van der Waals surface area contributed by atoms with Crippen LogP contribution in [-0.4, -0.2) is 40.4 Å². The van der Waals surface area contributed by atoms with Crippen LogP contribution < -0.4 is 5.32 Å². The molecule has 1 aromatic heterocycles. The molecule has 1 atom stereocenters. The molecule has 0 radical (unpaired) electrons. The summed E-state index contributed by atoms with van der Waals surface area (Å²) in [5.74, 6) is -0.952. The molecule has 23 heavy (non-hydrogen) atoms. The number of amides is 2. The number of aliphatic carboxylic acids is 1. The average Bonchev–Trinajstić information content (AvgIpc) is 2.99. The van der Waals surface area contributed by atoms with Crippen LogP contribution in [0, 0.1) is 0 Å². The van der Waals surface area contributed by atoms with E-state index in [9.17, 15) is 14.4 Å². The highest BCUT2D eigenvalue weighted by Crippen LogP contribution is 2.26. The summed E-state index contributed by atoms with van der Waals surface area (Å²) in [6, 6.07) is 3.64. The van der Waals surface area contributed by atoms with Crippen molar-refractivity contribution in [1.82, 2.24) is 10.2 Å². The molecule has 2 heterocycles. The number of carbonyl (C=O) groups excluding carboxylic acids is 2. The summed E-state index contributed by atoms with van der Waals surface area (Å²) >= 11 is 1.38. The first kappa shape index (κ1) is 17.5. The normalized spacial score (nSPS) is 17.8. The van der Waals surface area contributed by atoms with E-state index in [0.29, 0.717) is 24.4 Å². The fourth-order valence-electron chi connectivity index (χ4n) is 2.80. The number of likely N-dealkylation sites (tertiary alicyclic amines) is 1. The van der Waals surface area contributed by atoms with Crippen molar-refractivity contribution in [3.05, 3.63) is 21.9 Å². The molecule has 0 spiro atoms. The number of nitrogens with zero attached hydrogens (tertiary/aromatic N) is 1. The fraction of sp³-hybridized carbons (Fsp3) is 0.562. The summed E-state index contributed by atoms with van der Waals surface area (Å²) in [5, 5.41) is 11.6. The number of carbonyl (C=O) groups is 3. The van der Waals surface area contributed by atoms with E-state index in [0.717, 1.165) is 24.1 Å². The van der Waals surface area contributed by atoms with Gasteiger partial charge in [-0.1, -0.05) is 0 Å². The van der Waals surface area contributed by atoms with E-state index in [1.807, 2.05) is 11.0 Å². The monoisotopic (exact) mass is 338 g/mol. The summed E-state index contributed by atoms with van der Waals surface area (Å²) < 4.78 is 0. The van der Waals surface area contributed by atoms with Crippen LogP contribution in [0.25, 0.3) is 0 Å². The topological polar surface area (TPSA) is 86.7 Å². The lowest BCUT2D eigenvalue weighted by Gasteiger charge is -2.35. The number of hydrogen-bond donors (Lipinski definition) is 2. The zero-order valence-electron chi connectivity index (χ0n) is 13.2. The average molecular weight is 338 g/mol. The van der Waals surface area contributed by atoms with Gasteiger partial charge in [-0.25, -0.2) is 0 Å². The molecule has 1 saturated heterocycles. The SMILES string of the molecule is CC(=O)NCc1ccc(C(=O)N2CCCC[C@@H]2CCC(=O)O)s1. The first-order valence-electron chi connectivity index (χ1n) is 7.83. The summed E-state index contributed by atoms with van der Waals surface area (Å²) in [6.07, 6.45) is 3.45. The van der Waals surface area contributed by atoms with Gasteiger partial charge in [-0.15, -0.1) is 11.3 Å². The van der Waals surface area contributed by atoms with Crippen molar-refractivity contribution >= 4 is 29.1 Å². The van der Waals surface area contributed by atoms with Gasteiger partial charge in [-0.2, -0.15) is 0 Å². The summed E-state index contributed by atoms with van der Waals surface area (Å²) in [7, 11) is 0. The molecule has 2 rings (SSSR count). The predicted molar refractivity (Wildman–Crippen MR) is 87.4 cm³/mol. The van der Waals surface area contributed by atoms with E-state index in [-0.39, 0.29) is 24.3 Å². The zero-order chi connectivity index (χ0) is 16.8. The minimum atomic E-state index is -0.823. The lowest BCUT2D eigenvalue weighted by Crippen LogP contribution is -2.43. The molecule has 0 unspecified atom stereocenters. The van der Waals surface area contributed by atoms with E-state index >= 15 is 0 Å². The molecule has 126 valence electrons. The van der Waals surface area contributed by atoms with Gasteiger partial charge in [0.15, 0.2) is 0 Å². The number of carboxylic acid groups (broad SMARTS) is 1. The van der Waals surface area contributed by atoms with Gasteiger partial charge < -0.3 is 15.3 Å². The van der Waals surface area contributed by atoms with Crippen LogP contribution in [0.4, 0.5) is 0 Å². The molecule has 0 bridgehead atoms. The lowest BCUT2D eigenvalue weighted by molar-refractivity contribution is -0.137. The smallest absolute Gasteiger partial charge is 0.303 e. The second-order valence-corrected chi connectivity index (χ2v) is 6.92. The number of rotatable bonds is 6. The Morgan fingerprint density at radius 3 is 2.83 bits per heavy atom. The molecular formula is C16H22N2O4S. The molecule has 1 aliphatic heterocycles. The van der Waals surface area contributed by atoms with Crippen LogP contribution in [0.2, 0.25) is 0 Å². The van der Waals surface area contributed by atoms with Gasteiger partial charge in [0.05, 0.1) is 11.4 Å². The molecule has 6 nitrogen and oxygen atoms in total. The Balaban J connectivity index is 2.01. The van der Waals surface area contributed by atoms with Crippen molar-refractivity contribution in [1.29, 1.82) is 0 Å². The van der Waals surface area contributed by atoms with Crippen LogP contribution in [0.5, 0.6) is 0 Å². The van der Waals surface area contributed by atoms with Crippen molar-refractivity contribution in [3.8, 4) is 0 Å². The summed E-state index contributed by atoms with van der Waals surface area (Å²) in [4.78, 5) is 37.8. The number of piperidine rings is 1. The Labute approximate surface area is 139 Å². The second-order valence-electron chi connectivity index (χ2n) is 5.76. The van der Waals surface area contributed by atoms with Crippen LogP contribution in [0.1, 0.15) is 53.6 Å². The highest BCUT2D eigenvalue weighted by molar-refractivity contribution is 7.14. The number of carboxylic acids is 1. The molecule has 2 amide bonds. The lowest BCUT2D eigenvalue weighted by atomic mass is 9.97. The summed E-state index contributed by atoms with van der Waals surface area (Å²) in [5.41, 5.74) is 0.